The molecule has 0 spiro atoms. The molecular weight excluding hydrogens is 319 g/mol. The molecule has 1 unspecified atom stereocenters. The Morgan fingerprint density at radius 1 is 1.67 bits per heavy atom. The van der Waals surface area contributed by atoms with E-state index in [1.807, 2.05) is 0 Å². The molecule has 0 N–H and O–H groups in total. The molecule has 0 radical (unpaired) electrons. The molecule has 1 rings (SSSR count). The maximum Gasteiger partial charge on any atom is -1.00 e. The maximum absolute atomic E-state index is 12.7. The molecule has 0 aliphatic heterocycles. The van der Waals surface area contributed by atoms with Crippen LogP contribution in [0.5, 0.6) is 0 Å². The average Bonchev–Trinajstić information content (AvgIpc) is 1.98. The zero-order valence-electron chi connectivity index (χ0n) is 6.29. The molecule has 0 aromatic rings. The van der Waals surface area contributed by atoms with Gasteiger partial charge in [-0.2, -0.15) is 0 Å². The molecule has 0 aromatic heterocycles. The van der Waals surface area contributed by atoms with E-state index in [2.05, 4.69) is 0 Å². The third-order valence-electron chi connectivity index (χ3n) is 1.65. The Balaban J connectivity index is 0.00000121. The fourth-order valence-electron chi connectivity index (χ4n) is 0.886. The van der Waals surface area contributed by atoms with Crippen molar-refractivity contribution < 1.29 is 39.7 Å². The average molecular weight is 325 g/mol. The van der Waals surface area contributed by atoms with E-state index < -0.39 is 4.87 Å². The second-order valence-corrected chi connectivity index (χ2v) is 4.81. The topological polar surface area (TPSA) is 0 Å². The van der Waals surface area contributed by atoms with Gasteiger partial charge in [0.1, 0.15) is 0 Å². The van der Waals surface area contributed by atoms with Gasteiger partial charge in [0.15, 0.2) is 0 Å². The van der Waals surface area contributed by atoms with E-state index >= 15 is 0 Å². The van der Waals surface area contributed by atoms with Crippen LogP contribution in [-0.4, -0.2) is 4.87 Å². The summed E-state index contributed by atoms with van der Waals surface area (Å²) in [6.07, 6.45) is 3.48. The molecule has 0 heterocycles. The first-order chi connectivity index (χ1) is 5.07. The molecule has 0 fully saturated rings. The summed E-state index contributed by atoms with van der Waals surface area (Å²) in [6, 6.07) is 0. The van der Waals surface area contributed by atoms with Gasteiger partial charge in [0, 0.05) is 0 Å². The van der Waals surface area contributed by atoms with Crippen molar-refractivity contribution >= 4 is 23.2 Å². The number of allylic oxidation sites excluding steroid dienone is 4. The van der Waals surface area contributed by atoms with E-state index in [1.165, 1.54) is 6.08 Å². The van der Waals surface area contributed by atoms with Crippen molar-refractivity contribution in [1.29, 1.82) is 0 Å². The molecular formula is C7H6BrCl2FZn. The number of rotatable bonds is 1. The van der Waals surface area contributed by atoms with Crippen molar-refractivity contribution in [3.8, 4) is 0 Å². The summed E-state index contributed by atoms with van der Waals surface area (Å²) in [5.41, 5.74) is 0. The summed E-state index contributed by atoms with van der Waals surface area (Å²) < 4.78 is 12.7. The minimum atomic E-state index is -0.410. The maximum atomic E-state index is 12.7. The van der Waals surface area contributed by atoms with Crippen molar-refractivity contribution in [2.24, 2.45) is 0 Å². The smallest absolute Gasteiger partial charge is 1.00 e. The summed E-state index contributed by atoms with van der Waals surface area (Å²) in [5.74, 6) is -0.351. The standard InChI is InChI=1S/C7H6Cl2F.BrH.Zn/c1-7(9)3-2-6(10)5(8)4-7;;/h2-3H,1,4H2;1H;/q;;+1/p-1. The molecule has 64 valence electrons. The summed E-state index contributed by atoms with van der Waals surface area (Å²) in [5, 5.41) is 1.13. The molecule has 0 saturated heterocycles. The summed E-state index contributed by atoms with van der Waals surface area (Å²) >= 11 is 12.8. The van der Waals surface area contributed by atoms with Gasteiger partial charge >= 0.3 is 85.2 Å². The molecule has 0 nitrogen and oxygen atoms in total. The van der Waals surface area contributed by atoms with Crippen LogP contribution in [0.3, 0.4) is 0 Å². The number of alkyl halides is 1. The van der Waals surface area contributed by atoms with Gasteiger partial charge in [-0.1, -0.05) is 0 Å². The zero-order chi connectivity index (χ0) is 8.48. The minimum Gasteiger partial charge on any atom is -1.00 e. The Kier molecular flexibility index (Phi) is 5.56. The van der Waals surface area contributed by atoms with Crippen LogP contribution in [0, 0.1) is 0 Å². The van der Waals surface area contributed by atoms with Crippen molar-refractivity contribution in [3.05, 3.63) is 23.0 Å². The van der Waals surface area contributed by atoms with Crippen molar-refractivity contribution in [3.63, 3.8) is 0 Å². The van der Waals surface area contributed by atoms with Gasteiger partial charge in [-0.25, -0.2) is 0 Å². The first-order valence-corrected chi connectivity index (χ1v) is 6.14. The molecule has 0 saturated carbocycles. The van der Waals surface area contributed by atoms with Crippen LogP contribution in [0.15, 0.2) is 23.0 Å². The van der Waals surface area contributed by atoms with Gasteiger partial charge in [0.25, 0.3) is 0 Å². The Hall–Kier alpha value is 1.09. The third-order valence-corrected chi connectivity index (χ3v) is 4.95. The van der Waals surface area contributed by atoms with Crippen LogP contribution < -0.4 is 17.0 Å². The Bertz CT molecular complexity index is 229. The van der Waals surface area contributed by atoms with Gasteiger partial charge in [-0.05, 0) is 0 Å². The summed E-state index contributed by atoms with van der Waals surface area (Å²) in [6.45, 7) is 0. The predicted octanol–water partition coefficient (Wildman–Crippen LogP) is 0.313. The van der Waals surface area contributed by atoms with Gasteiger partial charge in [-0.3, -0.25) is 0 Å². The van der Waals surface area contributed by atoms with Crippen LogP contribution in [0.1, 0.15) is 6.42 Å². The van der Waals surface area contributed by atoms with E-state index in [0.29, 0.717) is 6.42 Å². The van der Waals surface area contributed by atoms with Gasteiger partial charge < -0.3 is 17.0 Å². The van der Waals surface area contributed by atoms with Gasteiger partial charge in [0.2, 0.25) is 0 Å². The normalized spacial score (nSPS) is 28.8. The molecule has 0 amide bonds. The van der Waals surface area contributed by atoms with Crippen LogP contribution in [0.2, 0.25) is 5.02 Å². The van der Waals surface area contributed by atoms with E-state index in [4.69, 9.17) is 23.2 Å². The SMILES string of the molecule is FC1=C(Cl)CC(Cl)([CH2][Zn+])C=C1.[Br-]. The van der Waals surface area contributed by atoms with Gasteiger partial charge in [-0.15, -0.1) is 0 Å². The van der Waals surface area contributed by atoms with Crippen molar-refractivity contribution in [2.75, 3.05) is 0 Å². The van der Waals surface area contributed by atoms with Crippen LogP contribution in [0.25, 0.3) is 0 Å². The third kappa shape index (κ3) is 3.10. The monoisotopic (exact) mass is 322 g/mol. The van der Waals surface area contributed by atoms with Crippen molar-refractivity contribution in [1.82, 2.24) is 0 Å². The van der Waals surface area contributed by atoms with E-state index in [-0.39, 0.29) is 27.8 Å². The number of hydrogen-bond acceptors (Lipinski definition) is 0. The van der Waals surface area contributed by atoms with E-state index in [0.717, 1.165) is 23.3 Å². The van der Waals surface area contributed by atoms with Gasteiger partial charge in [0.05, 0.1) is 0 Å². The molecule has 5 heteroatoms. The fourth-order valence-corrected chi connectivity index (χ4v) is 2.17. The second kappa shape index (κ2) is 5.09. The molecule has 1 aliphatic carbocycles. The molecule has 1 aliphatic rings. The quantitative estimate of drug-likeness (QED) is 0.481. The number of halogens is 4. The second-order valence-electron chi connectivity index (χ2n) is 2.55. The first kappa shape index (κ1) is 13.1. The minimum absolute atomic E-state index is 0. The predicted molar refractivity (Wildman–Crippen MR) is 41.1 cm³/mol. The van der Waals surface area contributed by atoms with Crippen LogP contribution in [-0.2, 0) is 18.3 Å². The largest absolute Gasteiger partial charge is 1.00 e. The summed E-state index contributed by atoms with van der Waals surface area (Å²) in [7, 11) is 0. The van der Waals surface area contributed by atoms with Crippen LogP contribution >= 0.6 is 23.2 Å². The Labute approximate surface area is 102 Å². The zero-order valence-corrected chi connectivity index (χ0v) is 12.4. The molecule has 0 aromatic carbocycles. The number of hydrogen-bond donors (Lipinski definition) is 0. The van der Waals surface area contributed by atoms with E-state index in [9.17, 15) is 4.39 Å². The molecule has 12 heavy (non-hydrogen) atoms. The first-order valence-electron chi connectivity index (χ1n) is 3.29. The fraction of sp³-hybridized carbons (Fsp3) is 0.429. The molecule has 1 atom stereocenters. The van der Waals surface area contributed by atoms with Crippen LogP contribution in [0.4, 0.5) is 4.39 Å². The Morgan fingerprint density at radius 3 is 2.67 bits per heavy atom. The Morgan fingerprint density at radius 2 is 2.25 bits per heavy atom. The summed E-state index contributed by atoms with van der Waals surface area (Å²) in [4.78, 5) is -0.410. The molecule has 0 bridgehead atoms. The van der Waals surface area contributed by atoms with E-state index in [1.54, 1.807) is 6.08 Å². The van der Waals surface area contributed by atoms with Crippen molar-refractivity contribution in [2.45, 2.75) is 16.3 Å².